The molecule has 3 aliphatic rings. The van der Waals surface area contributed by atoms with Crippen molar-refractivity contribution in [2.45, 2.75) is 41.2 Å². The molecule has 1 saturated carbocycles. The van der Waals surface area contributed by atoms with Crippen molar-refractivity contribution >= 4 is 33.4 Å². The lowest BCUT2D eigenvalue weighted by Gasteiger charge is -2.38. The van der Waals surface area contributed by atoms with Gasteiger partial charge in [-0.15, -0.1) is 0 Å². The molecular formula is C22H23FN2O3S2. The zero-order valence-electron chi connectivity index (χ0n) is 16.4. The highest BCUT2D eigenvalue weighted by atomic mass is 32.2. The van der Waals surface area contributed by atoms with Crippen molar-refractivity contribution in [2.24, 2.45) is 11.7 Å². The number of benzene rings is 2. The Labute approximate surface area is 179 Å². The van der Waals surface area contributed by atoms with Crippen molar-refractivity contribution in [3.05, 3.63) is 59.4 Å². The zero-order valence-corrected chi connectivity index (χ0v) is 18.0. The van der Waals surface area contributed by atoms with Crippen LogP contribution in [-0.2, 0) is 15.4 Å². The van der Waals surface area contributed by atoms with Crippen LogP contribution in [0.15, 0.2) is 47.4 Å². The lowest BCUT2D eigenvalue weighted by atomic mass is 9.74. The molecule has 2 atom stereocenters. The topological polar surface area (TPSA) is 80.5 Å². The van der Waals surface area contributed by atoms with Gasteiger partial charge in [0.15, 0.2) is 0 Å². The third kappa shape index (κ3) is 3.21. The fraction of sp³-hybridized carbons (Fsp3) is 0.409. The van der Waals surface area contributed by atoms with E-state index in [0.29, 0.717) is 29.0 Å². The van der Waals surface area contributed by atoms with E-state index in [2.05, 4.69) is 0 Å². The summed E-state index contributed by atoms with van der Waals surface area (Å²) in [5.74, 6) is 0.676. The number of amides is 1. The smallest absolute Gasteiger partial charge is 0.264 e. The number of rotatable bonds is 4. The summed E-state index contributed by atoms with van der Waals surface area (Å²) >= 11 is 1.99. The quantitative estimate of drug-likeness (QED) is 0.777. The maximum atomic E-state index is 13.5. The molecule has 0 aromatic heterocycles. The van der Waals surface area contributed by atoms with Gasteiger partial charge in [0.25, 0.3) is 10.0 Å². The minimum absolute atomic E-state index is 0.0646. The Bertz CT molecular complexity index is 1120. The lowest BCUT2D eigenvalue weighted by molar-refractivity contribution is 0.1000. The standard InChI is InChI=1S/C22H23FN2O3S2/c23-16-4-6-17(7-5-16)30(27,28)25-13-22(9-10-29-20(12-22)14-1-2-14)18-11-15(21(24)26)3-8-19(18)25/h3-8,11,14,20H,1-2,9-10,12-13H2,(H2,24,26). The second kappa shape index (κ2) is 6.99. The number of sulfonamides is 1. The molecule has 2 N–H and O–H groups in total. The van der Waals surface area contributed by atoms with Crippen molar-refractivity contribution in [2.75, 3.05) is 16.6 Å². The van der Waals surface area contributed by atoms with E-state index in [1.165, 1.54) is 29.3 Å². The molecule has 158 valence electrons. The van der Waals surface area contributed by atoms with E-state index in [1.807, 2.05) is 11.8 Å². The first kappa shape index (κ1) is 19.9. The van der Waals surface area contributed by atoms with Crippen LogP contribution in [0.2, 0.25) is 0 Å². The Morgan fingerprint density at radius 3 is 2.57 bits per heavy atom. The van der Waals surface area contributed by atoms with E-state index >= 15 is 0 Å². The third-order valence-corrected chi connectivity index (χ3v) is 9.81. The molecule has 1 spiro atoms. The van der Waals surface area contributed by atoms with Gasteiger partial charge in [-0.2, -0.15) is 11.8 Å². The summed E-state index contributed by atoms with van der Waals surface area (Å²) in [6.07, 6.45) is 4.22. The summed E-state index contributed by atoms with van der Waals surface area (Å²) in [5.41, 5.74) is 7.10. The van der Waals surface area contributed by atoms with Crippen LogP contribution in [0.4, 0.5) is 10.1 Å². The first-order chi connectivity index (χ1) is 14.3. The monoisotopic (exact) mass is 446 g/mol. The van der Waals surface area contributed by atoms with E-state index in [1.54, 1.807) is 18.2 Å². The molecule has 0 radical (unpaired) electrons. The second-order valence-electron chi connectivity index (χ2n) is 8.54. The van der Waals surface area contributed by atoms with Gasteiger partial charge in [-0.25, -0.2) is 12.8 Å². The summed E-state index contributed by atoms with van der Waals surface area (Å²) in [6, 6.07) is 10.0. The van der Waals surface area contributed by atoms with Gasteiger partial charge in [0.2, 0.25) is 5.91 Å². The highest BCUT2D eigenvalue weighted by molar-refractivity contribution is 8.00. The number of nitrogens with zero attached hydrogens (tertiary/aromatic N) is 1. The number of carbonyl (C=O) groups excluding carboxylic acids is 1. The predicted molar refractivity (Wildman–Crippen MR) is 116 cm³/mol. The molecule has 8 heteroatoms. The molecule has 1 aliphatic carbocycles. The molecule has 2 unspecified atom stereocenters. The van der Waals surface area contributed by atoms with Crippen LogP contribution in [0.1, 0.15) is 41.6 Å². The number of primary amides is 1. The molecular weight excluding hydrogens is 423 g/mol. The van der Waals surface area contributed by atoms with Crippen LogP contribution in [0, 0.1) is 11.7 Å². The number of hydrogen-bond acceptors (Lipinski definition) is 4. The number of hydrogen-bond donors (Lipinski definition) is 1. The Kier molecular flexibility index (Phi) is 4.63. The first-order valence-electron chi connectivity index (χ1n) is 10.1. The van der Waals surface area contributed by atoms with Crippen molar-refractivity contribution in [1.82, 2.24) is 0 Å². The number of thioether (sulfide) groups is 1. The van der Waals surface area contributed by atoms with Gasteiger partial charge in [-0.05, 0) is 85.4 Å². The van der Waals surface area contributed by atoms with Crippen LogP contribution < -0.4 is 10.0 Å². The van der Waals surface area contributed by atoms with Gasteiger partial charge < -0.3 is 5.73 Å². The Morgan fingerprint density at radius 2 is 1.90 bits per heavy atom. The highest BCUT2D eigenvalue weighted by Gasteiger charge is 2.51. The lowest BCUT2D eigenvalue weighted by Crippen LogP contribution is -2.41. The van der Waals surface area contributed by atoms with Gasteiger partial charge in [0, 0.05) is 22.8 Å². The summed E-state index contributed by atoms with van der Waals surface area (Å²) in [7, 11) is -3.86. The molecule has 2 heterocycles. The molecule has 2 aromatic rings. The Balaban J connectivity index is 1.61. The van der Waals surface area contributed by atoms with E-state index in [-0.39, 0.29) is 10.3 Å². The molecule has 2 aromatic carbocycles. The number of halogens is 1. The molecule has 1 saturated heterocycles. The number of anilines is 1. The third-order valence-electron chi connectivity index (χ3n) is 6.62. The summed E-state index contributed by atoms with van der Waals surface area (Å²) in [6.45, 7) is 0.341. The fourth-order valence-electron chi connectivity index (χ4n) is 4.84. The highest BCUT2D eigenvalue weighted by Crippen LogP contribution is 2.55. The van der Waals surface area contributed by atoms with E-state index in [0.717, 1.165) is 36.3 Å². The SMILES string of the molecule is NC(=O)c1ccc2c(c1)C1(CCSC(C3CC3)C1)CN2S(=O)(=O)c1ccc(F)cc1. The first-order valence-corrected chi connectivity index (χ1v) is 12.6. The van der Waals surface area contributed by atoms with Crippen LogP contribution in [0.5, 0.6) is 0 Å². The molecule has 1 amide bonds. The maximum absolute atomic E-state index is 13.5. The fourth-order valence-corrected chi connectivity index (χ4v) is 8.20. The van der Waals surface area contributed by atoms with Gasteiger partial charge in [-0.1, -0.05) is 0 Å². The average molecular weight is 447 g/mol. The second-order valence-corrected chi connectivity index (χ2v) is 11.8. The number of nitrogens with two attached hydrogens (primary N) is 1. The van der Waals surface area contributed by atoms with Crippen LogP contribution in [0.25, 0.3) is 0 Å². The van der Waals surface area contributed by atoms with Gasteiger partial charge in [0.05, 0.1) is 10.6 Å². The molecule has 2 aliphatic heterocycles. The van der Waals surface area contributed by atoms with E-state index < -0.39 is 21.7 Å². The van der Waals surface area contributed by atoms with Crippen molar-refractivity contribution in [1.29, 1.82) is 0 Å². The van der Waals surface area contributed by atoms with Crippen molar-refractivity contribution < 1.29 is 17.6 Å². The summed E-state index contributed by atoms with van der Waals surface area (Å²) in [5, 5.41) is 0.511. The summed E-state index contributed by atoms with van der Waals surface area (Å²) in [4.78, 5) is 11.9. The van der Waals surface area contributed by atoms with E-state index in [9.17, 15) is 17.6 Å². The normalized spacial score (nSPS) is 26.0. The predicted octanol–water partition coefficient (Wildman–Crippen LogP) is 3.68. The van der Waals surface area contributed by atoms with Crippen LogP contribution in [0.3, 0.4) is 0 Å². The minimum Gasteiger partial charge on any atom is -0.366 e. The van der Waals surface area contributed by atoms with E-state index in [4.69, 9.17) is 5.73 Å². The zero-order chi connectivity index (χ0) is 21.1. The molecule has 5 rings (SSSR count). The van der Waals surface area contributed by atoms with Gasteiger partial charge in [-0.3, -0.25) is 9.10 Å². The molecule has 2 fully saturated rings. The van der Waals surface area contributed by atoms with Crippen molar-refractivity contribution in [3.8, 4) is 0 Å². The molecule has 5 nitrogen and oxygen atoms in total. The largest absolute Gasteiger partial charge is 0.366 e. The number of carbonyl (C=O) groups is 1. The minimum atomic E-state index is -3.86. The van der Waals surface area contributed by atoms with Crippen LogP contribution >= 0.6 is 11.8 Å². The molecule has 0 bridgehead atoms. The Morgan fingerprint density at radius 1 is 1.17 bits per heavy atom. The van der Waals surface area contributed by atoms with Gasteiger partial charge in [0.1, 0.15) is 5.82 Å². The average Bonchev–Trinajstić information content (AvgIpc) is 3.53. The Hall–Kier alpha value is -2.06. The maximum Gasteiger partial charge on any atom is 0.264 e. The van der Waals surface area contributed by atoms with Crippen molar-refractivity contribution in [3.63, 3.8) is 0 Å². The summed E-state index contributed by atoms with van der Waals surface area (Å²) < 4.78 is 41.8. The van der Waals surface area contributed by atoms with Gasteiger partial charge >= 0.3 is 0 Å². The van der Waals surface area contributed by atoms with Crippen LogP contribution in [-0.4, -0.2) is 31.9 Å². The number of fused-ring (bicyclic) bond motifs is 2. The molecule has 30 heavy (non-hydrogen) atoms.